The summed E-state index contributed by atoms with van der Waals surface area (Å²) in [6.45, 7) is 6.40. The van der Waals surface area contributed by atoms with Crippen LogP contribution in [0.15, 0.2) is 16.7 Å². The van der Waals surface area contributed by atoms with Crippen molar-refractivity contribution >= 4 is 17.5 Å². The van der Waals surface area contributed by atoms with Crippen LogP contribution >= 0.6 is 11.6 Å². The van der Waals surface area contributed by atoms with Crippen molar-refractivity contribution in [3.8, 4) is 0 Å². The molecular formula is C14H21ClN2O2. The van der Waals surface area contributed by atoms with Crippen LogP contribution in [-0.2, 0) is 0 Å². The molecule has 0 saturated carbocycles. The molecule has 4 nitrogen and oxygen atoms in total. The summed E-state index contributed by atoms with van der Waals surface area (Å²) in [6.07, 6.45) is 4.97. The van der Waals surface area contributed by atoms with Gasteiger partial charge in [-0.25, -0.2) is 0 Å². The summed E-state index contributed by atoms with van der Waals surface area (Å²) in [6, 6.07) is 1.59. The fraction of sp³-hybridized carbons (Fsp3) is 0.643. The summed E-state index contributed by atoms with van der Waals surface area (Å²) in [5.74, 6) is 0.699. The molecule has 5 heteroatoms. The Labute approximate surface area is 119 Å². The third-order valence-electron chi connectivity index (χ3n) is 3.68. The molecule has 2 rings (SSSR count). The van der Waals surface area contributed by atoms with Crippen molar-refractivity contribution in [2.45, 2.75) is 26.2 Å². The molecular weight excluding hydrogens is 264 g/mol. The molecule has 0 radical (unpaired) electrons. The van der Waals surface area contributed by atoms with Gasteiger partial charge in [0.15, 0.2) is 0 Å². The first kappa shape index (κ1) is 14.4. The molecule has 0 spiro atoms. The highest BCUT2D eigenvalue weighted by Gasteiger charge is 2.15. The fourth-order valence-electron chi connectivity index (χ4n) is 2.34. The van der Waals surface area contributed by atoms with Gasteiger partial charge in [-0.2, -0.15) is 0 Å². The van der Waals surface area contributed by atoms with Gasteiger partial charge in [0.05, 0.1) is 11.8 Å². The van der Waals surface area contributed by atoms with Crippen molar-refractivity contribution < 1.29 is 9.21 Å². The molecule has 1 aromatic rings. The van der Waals surface area contributed by atoms with Crippen molar-refractivity contribution in [1.82, 2.24) is 10.2 Å². The molecule has 1 aliphatic heterocycles. The van der Waals surface area contributed by atoms with Gasteiger partial charge in [0.1, 0.15) is 0 Å². The lowest BCUT2D eigenvalue weighted by atomic mass is 9.99. The van der Waals surface area contributed by atoms with Crippen LogP contribution in [0.25, 0.3) is 0 Å². The van der Waals surface area contributed by atoms with Gasteiger partial charge in [0.2, 0.25) is 5.22 Å². The minimum Gasteiger partial charge on any atom is -0.452 e. The van der Waals surface area contributed by atoms with E-state index in [1.54, 1.807) is 6.07 Å². The second-order valence-corrected chi connectivity index (χ2v) is 5.58. The maximum absolute atomic E-state index is 11.8. The second kappa shape index (κ2) is 6.96. The number of halogens is 1. The van der Waals surface area contributed by atoms with E-state index in [1.165, 1.54) is 32.2 Å². The molecule has 2 heterocycles. The first-order chi connectivity index (χ1) is 9.16. The van der Waals surface area contributed by atoms with Crippen LogP contribution in [0.2, 0.25) is 5.22 Å². The predicted molar refractivity (Wildman–Crippen MR) is 75.5 cm³/mol. The Morgan fingerprint density at radius 3 is 2.89 bits per heavy atom. The van der Waals surface area contributed by atoms with Crippen LogP contribution in [0.3, 0.4) is 0 Å². The van der Waals surface area contributed by atoms with Crippen molar-refractivity contribution in [2.75, 3.05) is 26.2 Å². The third kappa shape index (κ3) is 4.25. The lowest BCUT2D eigenvalue weighted by Crippen LogP contribution is -2.35. The number of nitrogens with one attached hydrogen (secondary N) is 1. The maximum Gasteiger partial charge on any atom is 0.256 e. The molecule has 1 fully saturated rings. The Bertz CT molecular complexity index is 411. The fourth-order valence-corrected chi connectivity index (χ4v) is 2.54. The summed E-state index contributed by atoms with van der Waals surface area (Å²) in [4.78, 5) is 14.2. The Morgan fingerprint density at radius 2 is 2.26 bits per heavy atom. The van der Waals surface area contributed by atoms with Gasteiger partial charge in [-0.1, -0.05) is 6.92 Å². The minimum absolute atomic E-state index is 0.155. The largest absolute Gasteiger partial charge is 0.452 e. The normalized spacial score (nSPS) is 17.6. The molecule has 1 amide bonds. The molecule has 1 aromatic heterocycles. The second-order valence-electron chi connectivity index (χ2n) is 5.24. The Hall–Kier alpha value is -1.00. The Morgan fingerprint density at radius 1 is 1.53 bits per heavy atom. The number of amides is 1. The standard InChI is InChI=1S/C14H21ClN2O2/c1-11-3-8-17(9-4-11)7-2-6-16-14(18)12-5-10-19-13(12)15/h5,10-11H,2-4,6-9H2,1H3,(H,16,18). The zero-order valence-electron chi connectivity index (χ0n) is 11.3. The lowest BCUT2D eigenvalue weighted by molar-refractivity contribution is 0.0950. The number of furan rings is 1. The van der Waals surface area contributed by atoms with E-state index in [0.717, 1.165) is 18.9 Å². The van der Waals surface area contributed by atoms with E-state index in [-0.39, 0.29) is 11.1 Å². The molecule has 1 N–H and O–H groups in total. The molecule has 19 heavy (non-hydrogen) atoms. The first-order valence-electron chi connectivity index (χ1n) is 6.90. The quantitative estimate of drug-likeness (QED) is 0.846. The summed E-state index contributed by atoms with van der Waals surface area (Å²) in [5.41, 5.74) is 0.411. The summed E-state index contributed by atoms with van der Waals surface area (Å²) < 4.78 is 4.89. The molecule has 0 aliphatic carbocycles. The number of hydrogen-bond donors (Lipinski definition) is 1. The van der Waals surface area contributed by atoms with Gasteiger partial charge in [0.25, 0.3) is 5.91 Å². The van der Waals surface area contributed by atoms with Crippen LogP contribution in [0.5, 0.6) is 0 Å². The van der Waals surface area contributed by atoms with Crippen molar-refractivity contribution in [3.63, 3.8) is 0 Å². The molecule has 0 bridgehead atoms. The number of rotatable bonds is 5. The molecule has 0 unspecified atom stereocenters. The van der Waals surface area contributed by atoms with Gasteiger partial charge in [-0.3, -0.25) is 4.79 Å². The van der Waals surface area contributed by atoms with Crippen LogP contribution in [0.4, 0.5) is 0 Å². The Balaban J connectivity index is 1.62. The number of hydrogen-bond acceptors (Lipinski definition) is 3. The van der Waals surface area contributed by atoms with Gasteiger partial charge >= 0.3 is 0 Å². The van der Waals surface area contributed by atoms with E-state index >= 15 is 0 Å². The zero-order chi connectivity index (χ0) is 13.7. The number of carbonyl (C=O) groups is 1. The summed E-state index contributed by atoms with van der Waals surface area (Å²) >= 11 is 5.75. The highest BCUT2D eigenvalue weighted by atomic mass is 35.5. The average Bonchev–Trinajstić information content (AvgIpc) is 2.83. The zero-order valence-corrected chi connectivity index (χ0v) is 12.1. The highest BCUT2D eigenvalue weighted by molar-refractivity contribution is 6.32. The van der Waals surface area contributed by atoms with Crippen molar-refractivity contribution in [1.29, 1.82) is 0 Å². The number of piperidine rings is 1. The van der Waals surface area contributed by atoms with E-state index in [0.29, 0.717) is 12.1 Å². The summed E-state index contributed by atoms with van der Waals surface area (Å²) in [7, 11) is 0. The van der Waals surface area contributed by atoms with Gasteiger partial charge < -0.3 is 14.6 Å². The Kier molecular flexibility index (Phi) is 5.28. The van der Waals surface area contributed by atoms with Gasteiger partial charge in [-0.15, -0.1) is 0 Å². The number of likely N-dealkylation sites (tertiary alicyclic amines) is 1. The number of carbonyl (C=O) groups excluding carboxylic acids is 1. The topological polar surface area (TPSA) is 45.5 Å². The molecule has 0 aromatic carbocycles. The van der Waals surface area contributed by atoms with E-state index < -0.39 is 0 Å². The van der Waals surface area contributed by atoms with E-state index in [9.17, 15) is 4.79 Å². The minimum atomic E-state index is -0.161. The van der Waals surface area contributed by atoms with Gasteiger partial charge in [-0.05, 0) is 62.5 Å². The maximum atomic E-state index is 11.8. The summed E-state index contributed by atoms with van der Waals surface area (Å²) in [5, 5.41) is 3.02. The van der Waals surface area contributed by atoms with Crippen LogP contribution in [0, 0.1) is 5.92 Å². The van der Waals surface area contributed by atoms with E-state index in [4.69, 9.17) is 16.0 Å². The smallest absolute Gasteiger partial charge is 0.256 e. The van der Waals surface area contributed by atoms with E-state index in [1.807, 2.05) is 0 Å². The molecule has 1 saturated heterocycles. The average molecular weight is 285 g/mol. The molecule has 106 valence electrons. The molecule has 0 atom stereocenters. The predicted octanol–water partition coefficient (Wildman–Crippen LogP) is 2.78. The van der Waals surface area contributed by atoms with Crippen LogP contribution < -0.4 is 5.32 Å². The SMILES string of the molecule is CC1CCN(CCCNC(=O)c2ccoc2Cl)CC1. The third-order valence-corrected chi connectivity index (χ3v) is 3.97. The van der Waals surface area contributed by atoms with Crippen LogP contribution in [-0.4, -0.2) is 37.0 Å². The highest BCUT2D eigenvalue weighted by Crippen LogP contribution is 2.17. The molecule has 1 aliphatic rings. The van der Waals surface area contributed by atoms with Crippen LogP contribution in [0.1, 0.15) is 36.5 Å². The van der Waals surface area contributed by atoms with Crippen molar-refractivity contribution in [2.24, 2.45) is 5.92 Å². The van der Waals surface area contributed by atoms with Gasteiger partial charge in [0, 0.05) is 6.54 Å². The first-order valence-corrected chi connectivity index (χ1v) is 7.28. The van der Waals surface area contributed by atoms with E-state index in [2.05, 4.69) is 17.1 Å². The monoisotopic (exact) mass is 284 g/mol. The number of nitrogens with zero attached hydrogens (tertiary/aromatic N) is 1. The van der Waals surface area contributed by atoms with Crippen molar-refractivity contribution in [3.05, 3.63) is 23.1 Å². The lowest BCUT2D eigenvalue weighted by Gasteiger charge is -2.30.